The van der Waals surface area contributed by atoms with Crippen molar-refractivity contribution in [2.24, 2.45) is 11.8 Å². The first-order chi connectivity index (χ1) is 6.20. The summed E-state index contributed by atoms with van der Waals surface area (Å²) < 4.78 is 0. The van der Waals surface area contributed by atoms with E-state index in [9.17, 15) is 0 Å². The maximum absolute atomic E-state index is 2.67. The zero-order valence-corrected chi connectivity index (χ0v) is 9.71. The molecule has 0 saturated carbocycles. The highest BCUT2D eigenvalue weighted by atomic mass is 15.2. The summed E-state index contributed by atoms with van der Waals surface area (Å²) in [6, 6.07) is 0.860. The van der Waals surface area contributed by atoms with Crippen molar-refractivity contribution in [2.45, 2.75) is 53.0 Å². The van der Waals surface area contributed by atoms with Crippen molar-refractivity contribution in [2.75, 3.05) is 13.1 Å². The van der Waals surface area contributed by atoms with Gasteiger partial charge in [-0.2, -0.15) is 0 Å². The molecule has 0 radical (unpaired) electrons. The zero-order valence-electron chi connectivity index (χ0n) is 9.71. The van der Waals surface area contributed by atoms with Crippen LogP contribution in [-0.4, -0.2) is 24.0 Å². The number of nitrogens with zero attached hydrogens (tertiary/aromatic N) is 1. The molecule has 2 atom stereocenters. The van der Waals surface area contributed by atoms with Crippen LogP contribution in [0.2, 0.25) is 0 Å². The van der Waals surface area contributed by atoms with E-state index in [0.717, 1.165) is 17.9 Å². The van der Waals surface area contributed by atoms with Crippen LogP contribution >= 0.6 is 0 Å². The van der Waals surface area contributed by atoms with E-state index in [1.165, 1.54) is 32.4 Å². The van der Waals surface area contributed by atoms with Crippen molar-refractivity contribution >= 4 is 0 Å². The maximum atomic E-state index is 2.67. The van der Waals surface area contributed by atoms with Gasteiger partial charge in [-0.1, -0.05) is 27.7 Å². The van der Waals surface area contributed by atoms with Gasteiger partial charge in [-0.05, 0) is 44.2 Å². The Morgan fingerprint density at radius 2 is 2.00 bits per heavy atom. The summed E-state index contributed by atoms with van der Waals surface area (Å²) in [4.78, 5) is 2.67. The van der Waals surface area contributed by atoms with Gasteiger partial charge in [0.1, 0.15) is 0 Å². The first kappa shape index (κ1) is 11.0. The van der Waals surface area contributed by atoms with Crippen molar-refractivity contribution in [1.29, 1.82) is 0 Å². The number of hydrogen-bond donors (Lipinski definition) is 0. The first-order valence-corrected chi connectivity index (χ1v) is 5.94. The lowest BCUT2D eigenvalue weighted by Gasteiger charge is -2.42. The largest absolute Gasteiger partial charge is 0.300 e. The third-order valence-electron chi connectivity index (χ3n) is 3.63. The van der Waals surface area contributed by atoms with Crippen LogP contribution in [0.25, 0.3) is 0 Å². The van der Waals surface area contributed by atoms with Crippen molar-refractivity contribution in [1.82, 2.24) is 4.90 Å². The van der Waals surface area contributed by atoms with Crippen molar-refractivity contribution < 1.29 is 0 Å². The molecule has 0 aliphatic carbocycles. The fourth-order valence-electron chi connectivity index (χ4n) is 2.89. The van der Waals surface area contributed by atoms with Crippen LogP contribution in [-0.2, 0) is 0 Å². The lowest BCUT2D eigenvalue weighted by atomic mass is 9.80. The molecule has 1 saturated heterocycles. The molecule has 1 heteroatoms. The summed E-state index contributed by atoms with van der Waals surface area (Å²) in [6.07, 6.45) is 4.19. The molecule has 78 valence electrons. The smallest absolute Gasteiger partial charge is 0.0123 e. The molecule has 0 aromatic rings. The second-order valence-corrected chi connectivity index (χ2v) is 4.65. The predicted octanol–water partition coefficient (Wildman–Crippen LogP) is 3.15. The molecule has 0 spiro atoms. The van der Waals surface area contributed by atoms with Crippen LogP contribution in [0.1, 0.15) is 47.0 Å². The summed E-state index contributed by atoms with van der Waals surface area (Å²) in [5.41, 5.74) is 0. The van der Waals surface area contributed by atoms with E-state index in [-0.39, 0.29) is 0 Å². The van der Waals surface area contributed by atoms with E-state index in [4.69, 9.17) is 0 Å². The predicted molar refractivity (Wildman–Crippen MR) is 58.9 cm³/mol. The number of rotatable bonds is 3. The molecule has 1 fully saturated rings. The lowest BCUT2D eigenvalue weighted by Crippen LogP contribution is -2.46. The van der Waals surface area contributed by atoms with Crippen LogP contribution in [0.15, 0.2) is 0 Å². The molecule has 0 bridgehead atoms. The molecule has 1 unspecified atom stereocenters. The highest BCUT2D eigenvalue weighted by Crippen LogP contribution is 2.31. The normalized spacial score (nSPS) is 31.2. The van der Waals surface area contributed by atoms with Crippen LogP contribution in [0.5, 0.6) is 0 Å². The quantitative estimate of drug-likeness (QED) is 0.649. The monoisotopic (exact) mass is 183 g/mol. The Hall–Kier alpha value is -0.0400. The lowest BCUT2D eigenvalue weighted by molar-refractivity contribution is 0.0697. The molecular formula is C12H25N. The Morgan fingerprint density at radius 3 is 2.46 bits per heavy atom. The first-order valence-electron chi connectivity index (χ1n) is 5.94. The second-order valence-electron chi connectivity index (χ2n) is 4.65. The zero-order chi connectivity index (χ0) is 9.84. The Balaban J connectivity index is 2.61. The number of hydrogen-bond acceptors (Lipinski definition) is 1. The SMILES string of the molecule is CCC1[C@H](C(C)C)CCCN1CC. The van der Waals surface area contributed by atoms with Gasteiger partial charge in [0.05, 0.1) is 0 Å². The van der Waals surface area contributed by atoms with Gasteiger partial charge in [0.2, 0.25) is 0 Å². The van der Waals surface area contributed by atoms with E-state index < -0.39 is 0 Å². The summed E-state index contributed by atoms with van der Waals surface area (Å²) in [5, 5.41) is 0. The standard InChI is InChI=1S/C12H25N/c1-5-12-11(10(3)4)8-7-9-13(12)6-2/h10-12H,5-9H2,1-4H3/t11-,12?/m0/s1. The maximum Gasteiger partial charge on any atom is 0.0123 e. The fourth-order valence-corrected chi connectivity index (χ4v) is 2.89. The van der Waals surface area contributed by atoms with E-state index in [1.54, 1.807) is 0 Å². The minimum Gasteiger partial charge on any atom is -0.300 e. The average molecular weight is 183 g/mol. The minimum atomic E-state index is 0.860. The van der Waals surface area contributed by atoms with E-state index in [2.05, 4.69) is 32.6 Å². The van der Waals surface area contributed by atoms with Crippen molar-refractivity contribution in [3.63, 3.8) is 0 Å². The fraction of sp³-hybridized carbons (Fsp3) is 1.00. The highest BCUT2D eigenvalue weighted by molar-refractivity contribution is 4.84. The second kappa shape index (κ2) is 4.99. The molecule has 0 amide bonds. The third-order valence-corrected chi connectivity index (χ3v) is 3.63. The molecule has 0 N–H and O–H groups in total. The third kappa shape index (κ3) is 2.46. The van der Waals surface area contributed by atoms with Gasteiger partial charge in [0.25, 0.3) is 0 Å². The molecule has 1 aliphatic rings. The highest BCUT2D eigenvalue weighted by Gasteiger charge is 2.30. The van der Waals surface area contributed by atoms with Gasteiger partial charge in [-0.15, -0.1) is 0 Å². The Morgan fingerprint density at radius 1 is 1.31 bits per heavy atom. The van der Waals surface area contributed by atoms with Crippen molar-refractivity contribution in [3.05, 3.63) is 0 Å². The van der Waals surface area contributed by atoms with E-state index in [0.29, 0.717) is 0 Å². The average Bonchev–Trinajstić information content (AvgIpc) is 2.16. The van der Waals surface area contributed by atoms with E-state index >= 15 is 0 Å². The molecular weight excluding hydrogens is 158 g/mol. The van der Waals surface area contributed by atoms with Crippen LogP contribution in [0, 0.1) is 11.8 Å². The molecule has 1 rings (SSSR count). The number of piperidine rings is 1. The van der Waals surface area contributed by atoms with Gasteiger partial charge in [0.15, 0.2) is 0 Å². The minimum absolute atomic E-state index is 0.860. The molecule has 13 heavy (non-hydrogen) atoms. The van der Waals surface area contributed by atoms with Crippen LogP contribution in [0.3, 0.4) is 0 Å². The van der Waals surface area contributed by atoms with Crippen molar-refractivity contribution in [3.8, 4) is 0 Å². The molecule has 1 heterocycles. The van der Waals surface area contributed by atoms with Gasteiger partial charge in [-0.3, -0.25) is 0 Å². The Labute approximate surface area is 83.5 Å². The summed E-state index contributed by atoms with van der Waals surface area (Å²) >= 11 is 0. The molecule has 1 nitrogen and oxygen atoms in total. The van der Waals surface area contributed by atoms with Gasteiger partial charge in [0, 0.05) is 6.04 Å². The van der Waals surface area contributed by atoms with Gasteiger partial charge >= 0.3 is 0 Å². The number of likely N-dealkylation sites (tertiary alicyclic amines) is 1. The Bertz CT molecular complexity index is 142. The Kier molecular flexibility index (Phi) is 4.24. The van der Waals surface area contributed by atoms with Gasteiger partial charge in [-0.25, -0.2) is 0 Å². The molecule has 1 aliphatic heterocycles. The topological polar surface area (TPSA) is 3.24 Å². The van der Waals surface area contributed by atoms with Gasteiger partial charge < -0.3 is 4.90 Å². The summed E-state index contributed by atoms with van der Waals surface area (Å²) in [5.74, 6) is 1.80. The van der Waals surface area contributed by atoms with Crippen LogP contribution < -0.4 is 0 Å². The molecule has 0 aromatic carbocycles. The van der Waals surface area contributed by atoms with Crippen LogP contribution in [0.4, 0.5) is 0 Å². The summed E-state index contributed by atoms with van der Waals surface area (Å²) in [6.45, 7) is 12.0. The summed E-state index contributed by atoms with van der Waals surface area (Å²) in [7, 11) is 0. The van der Waals surface area contributed by atoms with E-state index in [1.807, 2.05) is 0 Å². The molecule has 0 aromatic heterocycles.